The van der Waals surface area contributed by atoms with Gasteiger partial charge in [-0.15, -0.1) is 0 Å². The van der Waals surface area contributed by atoms with Crippen LogP contribution in [0.1, 0.15) is 26.3 Å². The maximum atomic E-state index is 12.6. The van der Waals surface area contributed by atoms with Gasteiger partial charge in [0, 0.05) is 16.9 Å². The van der Waals surface area contributed by atoms with Gasteiger partial charge in [0.2, 0.25) is 0 Å². The number of hydrogen-bond donors (Lipinski definition) is 1. The third-order valence-electron chi connectivity index (χ3n) is 4.57. The van der Waals surface area contributed by atoms with E-state index in [2.05, 4.69) is 26.5 Å². The molecule has 1 amide bonds. The standard InChI is InChI=1S/C25H18BrN3O3/c26-22-12-3-1-10-20(22)25(31)32-19-9-7-8-18(16-19)17-27-28-24(30)21-11-2-4-13-23(21)29-14-5-6-15-29/h1-17H,(H,28,30). The number of hydrogen-bond acceptors (Lipinski definition) is 4. The van der Waals surface area contributed by atoms with Gasteiger partial charge in [-0.1, -0.05) is 36.4 Å². The minimum absolute atomic E-state index is 0.331. The molecule has 0 spiro atoms. The van der Waals surface area contributed by atoms with E-state index < -0.39 is 5.97 Å². The Kier molecular flexibility index (Phi) is 6.57. The van der Waals surface area contributed by atoms with Crippen LogP contribution in [-0.2, 0) is 0 Å². The van der Waals surface area contributed by atoms with Gasteiger partial charge in [-0.25, -0.2) is 10.2 Å². The summed E-state index contributed by atoms with van der Waals surface area (Å²) in [6.07, 6.45) is 5.23. The highest BCUT2D eigenvalue weighted by Gasteiger charge is 2.13. The monoisotopic (exact) mass is 487 g/mol. The van der Waals surface area contributed by atoms with Crippen LogP contribution < -0.4 is 10.2 Å². The number of benzene rings is 3. The molecule has 0 saturated heterocycles. The van der Waals surface area contributed by atoms with Crippen LogP contribution in [-0.4, -0.2) is 22.7 Å². The first-order valence-corrected chi connectivity index (χ1v) is 10.5. The van der Waals surface area contributed by atoms with Gasteiger partial charge in [-0.2, -0.15) is 5.10 Å². The second-order valence-corrected chi connectivity index (χ2v) is 7.60. The predicted octanol–water partition coefficient (Wildman–Crippen LogP) is 5.22. The van der Waals surface area contributed by atoms with Crippen LogP contribution in [0.15, 0.2) is 107 Å². The lowest BCUT2D eigenvalue weighted by Crippen LogP contribution is -2.19. The lowest BCUT2D eigenvalue weighted by molar-refractivity contribution is 0.0733. The van der Waals surface area contributed by atoms with E-state index in [1.165, 1.54) is 6.21 Å². The normalized spacial score (nSPS) is 10.8. The first kappa shape index (κ1) is 21.3. The van der Waals surface area contributed by atoms with E-state index in [9.17, 15) is 9.59 Å². The molecule has 3 aromatic carbocycles. The maximum Gasteiger partial charge on any atom is 0.344 e. The average molecular weight is 488 g/mol. The molecule has 0 fully saturated rings. The molecule has 158 valence electrons. The molecule has 32 heavy (non-hydrogen) atoms. The smallest absolute Gasteiger partial charge is 0.344 e. The van der Waals surface area contributed by atoms with Gasteiger partial charge in [0.1, 0.15) is 5.75 Å². The number of carbonyl (C=O) groups is 2. The van der Waals surface area contributed by atoms with E-state index in [1.54, 1.807) is 54.6 Å². The van der Waals surface area contributed by atoms with Crippen LogP contribution in [0.3, 0.4) is 0 Å². The number of amides is 1. The number of halogens is 1. The van der Waals surface area contributed by atoms with Gasteiger partial charge in [0.25, 0.3) is 5.91 Å². The molecule has 0 atom stereocenters. The number of carbonyl (C=O) groups excluding carboxylic acids is 2. The Balaban J connectivity index is 1.43. The highest BCUT2D eigenvalue weighted by Crippen LogP contribution is 2.20. The summed E-state index contributed by atoms with van der Waals surface area (Å²) >= 11 is 3.35. The molecule has 1 aromatic heterocycles. The second-order valence-electron chi connectivity index (χ2n) is 6.75. The van der Waals surface area contributed by atoms with Gasteiger partial charge in [0.15, 0.2) is 0 Å². The number of hydrazone groups is 1. The molecule has 6 nitrogen and oxygen atoms in total. The second kappa shape index (κ2) is 9.89. The number of ether oxygens (including phenoxy) is 1. The third kappa shape index (κ3) is 5.01. The molecule has 4 rings (SSSR count). The third-order valence-corrected chi connectivity index (χ3v) is 5.26. The Bertz CT molecular complexity index is 1280. The lowest BCUT2D eigenvalue weighted by atomic mass is 10.1. The SMILES string of the molecule is O=C(Oc1cccc(C=NNC(=O)c2ccccc2-n2cccc2)c1)c1ccccc1Br. The first-order valence-electron chi connectivity index (χ1n) is 9.74. The Morgan fingerprint density at radius 1 is 0.875 bits per heavy atom. The van der Waals surface area contributed by atoms with E-state index in [1.807, 2.05) is 47.3 Å². The van der Waals surface area contributed by atoms with Crippen LogP contribution >= 0.6 is 15.9 Å². The number of esters is 1. The van der Waals surface area contributed by atoms with Gasteiger partial charge < -0.3 is 9.30 Å². The summed E-state index contributed by atoms with van der Waals surface area (Å²) in [7, 11) is 0. The molecule has 1 heterocycles. The van der Waals surface area contributed by atoms with Crippen molar-refractivity contribution in [3.8, 4) is 11.4 Å². The van der Waals surface area contributed by atoms with Crippen LogP contribution in [0, 0.1) is 0 Å². The summed E-state index contributed by atoms with van der Waals surface area (Å²) < 4.78 is 7.98. The van der Waals surface area contributed by atoms with E-state index in [0.29, 0.717) is 26.9 Å². The zero-order valence-corrected chi connectivity index (χ0v) is 18.4. The highest BCUT2D eigenvalue weighted by molar-refractivity contribution is 9.10. The molecule has 0 saturated carbocycles. The largest absolute Gasteiger partial charge is 0.423 e. The van der Waals surface area contributed by atoms with Crippen LogP contribution in [0.2, 0.25) is 0 Å². The quantitative estimate of drug-likeness (QED) is 0.175. The Morgan fingerprint density at radius 2 is 1.59 bits per heavy atom. The van der Waals surface area contributed by atoms with E-state index in [4.69, 9.17) is 4.74 Å². The van der Waals surface area contributed by atoms with E-state index >= 15 is 0 Å². The Morgan fingerprint density at radius 3 is 2.38 bits per heavy atom. The van der Waals surface area contributed by atoms with Crippen molar-refractivity contribution in [3.63, 3.8) is 0 Å². The molecule has 0 radical (unpaired) electrons. The van der Waals surface area contributed by atoms with Crippen LogP contribution in [0.25, 0.3) is 5.69 Å². The molecule has 0 aliphatic heterocycles. The van der Waals surface area contributed by atoms with E-state index in [0.717, 1.165) is 5.69 Å². The van der Waals surface area contributed by atoms with E-state index in [-0.39, 0.29) is 5.91 Å². The fraction of sp³-hybridized carbons (Fsp3) is 0. The van der Waals surface area contributed by atoms with Gasteiger partial charge in [0.05, 0.1) is 23.0 Å². The summed E-state index contributed by atoms with van der Waals surface area (Å²) in [6.45, 7) is 0. The summed E-state index contributed by atoms with van der Waals surface area (Å²) in [5.41, 5.74) is 4.90. The average Bonchev–Trinajstić information content (AvgIpc) is 3.34. The van der Waals surface area contributed by atoms with Crippen LogP contribution in [0.5, 0.6) is 5.75 Å². The topological polar surface area (TPSA) is 72.7 Å². The summed E-state index contributed by atoms with van der Waals surface area (Å²) in [5, 5.41) is 4.05. The van der Waals surface area contributed by atoms with Crippen molar-refractivity contribution in [1.29, 1.82) is 0 Å². The van der Waals surface area contributed by atoms with Crippen molar-refractivity contribution >= 4 is 34.0 Å². The summed E-state index contributed by atoms with van der Waals surface area (Å²) in [4.78, 5) is 25.0. The fourth-order valence-electron chi connectivity index (χ4n) is 3.06. The van der Waals surface area contributed by atoms with Crippen molar-refractivity contribution in [2.45, 2.75) is 0 Å². The van der Waals surface area contributed by atoms with Gasteiger partial charge >= 0.3 is 5.97 Å². The molecule has 4 aromatic rings. The van der Waals surface area contributed by atoms with Crippen LogP contribution in [0.4, 0.5) is 0 Å². The number of aromatic nitrogens is 1. The first-order chi connectivity index (χ1) is 15.6. The molecule has 0 aliphatic rings. The van der Waals surface area contributed by atoms with Crippen molar-refractivity contribution < 1.29 is 14.3 Å². The van der Waals surface area contributed by atoms with Crippen molar-refractivity contribution in [2.75, 3.05) is 0 Å². The maximum absolute atomic E-state index is 12.6. The highest BCUT2D eigenvalue weighted by atomic mass is 79.9. The zero-order chi connectivity index (χ0) is 22.3. The molecule has 7 heteroatoms. The predicted molar refractivity (Wildman–Crippen MR) is 126 cm³/mol. The molecule has 0 unspecified atom stereocenters. The number of para-hydroxylation sites is 1. The lowest BCUT2D eigenvalue weighted by Gasteiger charge is -2.09. The van der Waals surface area contributed by atoms with Crippen molar-refractivity contribution in [2.24, 2.45) is 5.10 Å². The molecule has 0 bridgehead atoms. The molecule has 0 aliphatic carbocycles. The Hall–Kier alpha value is -3.97. The molecule has 1 N–H and O–H groups in total. The molecular weight excluding hydrogens is 470 g/mol. The zero-order valence-electron chi connectivity index (χ0n) is 16.8. The van der Waals surface area contributed by atoms with Crippen molar-refractivity contribution in [3.05, 3.63) is 118 Å². The number of nitrogens with one attached hydrogen (secondary N) is 1. The van der Waals surface area contributed by atoms with Gasteiger partial charge in [-0.05, 0) is 70.0 Å². The molecular formula is C25H18BrN3O3. The summed E-state index contributed by atoms with van der Waals surface area (Å²) in [6, 6.07) is 25.0. The summed E-state index contributed by atoms with van der Waals surface area (Å²) in [5.74, 6) is -0.428. The minimum atomic E-state index is -0.471. The number of rotatable bonds is 6. The van der Waals surface area contributed by atoms with Gasteiger partial charge in [-0.3, -0.25) is 4.79 Å². The fourth-order valence-corrected chi connectivity index (χ4v) is 3.51. The number of nitrogens with zero attached hydrogens (tertiary/aromatic N) is 2. The Labute approximate surface area is 193 Å². The van der Waals surface area contributed by atoms with Crippen molar-refractivity contribution in [1.82, 2.24) is 9.99 Å². The minimum Gasteiger partial charge on any atom is -0.423 e.